The fraction of sp³-hybridized carbons (Fsp3) is 0.188. The van der Waals surface area contributed by atoms with Crippen molar-refractivity contribution in [1.29, 1.82) is 0 Å². The molecule has 0 amide bonds. The maximum atomic E-state index is 12.9. The van der Waals surface area contributed by atoms with Crippen LogP contribution in [0.2, 0.25) is 0 Å². The van der Waals surface area contributed by atoms with Gasteiger partial charge in [0.1, 0.15) is 16.6 Å². The molecular weight excluding hydrogens is 368 g/mol. The van der Waals surface area contributed by atoms with E-state index in [2.05, 4.69) is 30.5 Å². The van der Waals surface area contributed by atoms with E-state index < -0.39 is 6.10 Å². The monoisotopic (exact) mass is 382 g/mol. The predicted molar refractivity (Wildman–Crippen MR) is 98.5 cm³/mol. The van der Waals surface area contributed by atoms with Gasteiger partial charge >= 0.3 is 0 Å². The van der Waals surface area contributed by atoms with Crippen LogP contribution in [0.1, 0.15) is 22.5 Å². The molecule has 0 saturated carbocycles. The average Bonchev–Trinajstić information content (AvgIpc) is 3.44. The number of rotatable bonds is 4. The first-order chi connectivity index (χ1) is 13.1. The summed E-state index contributed by atoms with van der Waals surface area (Å²) in [6.07, 6.45) is 3.98. The SMILES string of the molecule is Cn1c2nc([C@H](O)c3ccn[nH]3)sc2c2cnn(Cc3ccn[nH]3)c(=O)c21. The smallest absolute Gasteiger partial charge is 0.291 e. The number of aliphatic hydroxyl groups excluding tert-OH is 1. The van der Waals surface area contributed by atoms with Crippen molar-refractivity contribution < 1.29 is 5.11 Å². The molecule has 1 atom stereocenters. The summed E-state index contributed by atoms with van der Waals surface area (Å²) in [6.45, 7) is 0.310. The number of fused-ring (bicyclic) bond motifs is 3. The highest BCUT2D eigenvalue weighted by atomic mass is 32.1. The van der Waals surface area contributed by atoms with E-state index in [-0.39, 0.29) is 5.56 Å². The minimum Gasteiger partial charge on any atom is -0.380 e. The molecule has 0 aromatic carbocycles. The van der Waals surface area contributed by atoms with Gasteiger partial charge in [0.2, 0.25) is 0 Å². The summed E-state index contributed by atoms with van der Waals surface area (Å²) in [4.78, 5) is 17.5. The van der Waals surface area contributed by atoms with Gasteiger partial charge in [0.05, 0.1) is 28.8 Å². The second kappa shape index (κ2) is 5.86. The summed E-state index contributed by atoms with van der Waals surface area (Å²) in [5.41, 5.74) is 2.33. The Labute approximate surface area is 155 Å². The van der Waals surface area contributed by atoms with E-state index in [0.717, 1.165) is 15.8 Å². The van der Waals surface area contributed by atoms with Gasteiger partial charge in [-0.15, -0.1) is 11.3 Å². The van der Waals surface area contributed by atoms with E-state index in [9.17, 15) is 9.90 Å². The van der Waals surface area contributed by atoms with E-state index in [0.29, 0.717) is 28.4 Å². The van der Waals surface area contributed by atoms with Crippen LogP contribution < -0.4 is 5.56 Å². The zero-order valence-electron chi connectivity index (χ0n) is 14.1. The fourth-order valence-corrected chi connectivity index (χ4v) is 4.23. The van der Waals surface area contributed by atoms with E-state index in [4.69, 9.17) is 0 Å². The molecule has 10 nitrogen and oxygen atoms in total. The van der Waals surface area contributed by atoms with Crippen molar-refractivity contribution in [2.45, 2.75) is 12.6 Å². The number of hydrogen-bond donors (Lipinski definition) is 3. The van der Waals surface area contributed by atoms with Crippen molar-refractivity contribution in [3.8, 4) is 0 Å². The van der Waals surface area contributed by atoms with Crippen LogP contribution in [-0.2, 0) is 13.6 Å². The maximum Gasteiger partial charge on any atom is 0.291 e. The van der Waals surface area contributed by atoms with Crippen LogP contribution in [0.3, 0.4) is 0 Å². The van der Waals surface area contributed by atoms with Crippen molar-refractivity contribution in [1.82, 2.24) is 39.7 Å². The Bertz CT molecular complexity index is 1300. The Morgan fingerprint density at radius 1 is 1.26 bits per heavy atom. The third kappa shape index (κ3) is 2.39. The lowest BCUT2D eigenvalue weighted by atomic mass is 10.3. The first-order valence-electron chi connectivity index (χ1n) is 8.14. The number of hydrogen-bond acceptors (Lipinski definition) is 7. The predicted octanol–water partition coefficient (Wildman–Crippen LogP) is 0.921. The first kappa shape index (κ1) is 15.9. The summed E-state index contributed by atoms with van der Waals surface area (Å²) in [5.74, 6) is 0. The van der Waals surface area contributed by atoms with Crippen molar-refractivity contribution in [2.24, 2.45) is 7.05 Å². The lowest BCUT2D eigenvalue weighted by Gasteiger charge is -2.05. The normalized spacial score (nSPS) is 13.0. The maximum absolute atomic E-state index is 12.9. The largest absolute Gasteiger partial charge is 0.380 e. The molecule has 0 aliphatic heterocycles. The zero-order valence-corrected chi connectivity index (χ0v) is 14.9. The van der Waals surface area contributed by atoms with Crippen molar-refractivity contribution in [2.75, 3.05) is 0 Å². The third-order valence-electron chi connectivity index (χ3n) is 4.47. The number of nitrogens with zero attached hydrogens (tertiary/aromatic N) is 6. The Hall–Kier alpha value is -3.31. The van der Waals surface area contributed by atoms with Crippen LogP contribution in [0, 0.1) is 0 Å². The van der Waals surface area contributed by atoms with Crippen LogP contribution in [0.4, 0.5) is 0 Å². The molecule has 0 radical (unpaired) electrons. The van der Waals surface area contributed by atoms with Crippen LogP contribution in [-0.4, -0.2) is 44.8 Å². The number of aliphatic hydroxyl groups is 1. The molecule has 0 saturated heterocycles. The van der Waals surface area contributed by atoms with Gasteiger partial charge in [0.25, 0.3) is 5.56 Å². The van der Waals surface area contributed by atoms with Crippen molar-refractivity contribution in [3.05, 3.63) is 57.5 Å². The molecule has 0 unspecified atom stereocenters. The Balaban J connectivity index is 1.64. The third-order valence-corrected chi connectivity index (χ3v) is 5.60. The Morgan fingerprint density at radius 3 is 2.81 bits per heavy atom. The van der Waals surface area contributed by atoms with Gasteiger partial charge in [-0.25, -0.2) is 9.67 Å². The minimum atomic E-state index is -0.895. The number of H-pyrrole nitrogens is 2. The molecule has 5 heterocycles. The summed E-state index contributed by atoms with van der Waals surface area (Å²) in [6, 6.07) is 3.50. The number of aromatic nitrogens is 8. The summed E-state index contributed by atoms with van der Waals surface area (Å²) >= 11 is 1.34. The number of nitrogens with one attached hydrogen (secondary N) is 2. The Kier molecular flexibility index (Phi) is 3.45. The quantitative estimate of drug-likeness (QED) is 0.424. The van der Waals surface area contributed by atoms with Gasteiger partial charge in [0, 0.05) is 24.8 Å². The first-order valence-corrected chi connectivity index (χ1v) is 8.95. The van der Waals surface area contributed by atoms with E-state index >= 15 is 0 Å². The molecule has 0 aliphatic carbocycles. The molecule has 5 rings (SSSR count). The van der Waals surface area contributed by atoms with Crippen molar-refractivity contribution >= 4 is 32.6 Å². The summed E-state index contributed by atoms with van der Waals surface area (Å²) in [7, 11) is 1.79. The van der Waals surface area contributed by atoms with Gasteiger partial charge in [-0.05, 0) is 12.1 Å². The average molecular weight is 382 g/mol. The molecule has 11 heteroatoms. The zero-order chi connectivity index (χ0) is 18.5. The van der Waals surface area contributed by atoms with Gasteiger partial charge < -0.3 is 9.67 Å². The molecule has 0 bridgehead atoms. The standard InChI is InChI=1S/C16H14N8O2S/c1-23-11-9(6-19-24(16(11)26)7-8-2-4-17-21-8)13-14(23)20-15(27-13)12(25)10-3-5-18-22-10/h2-6,12,25H,7H2,1H3,(H,17,21)(H,18,22)/t12-/m1/s1. The molecule has 0 spiro atoms. The highest BCUT2D eigenvalue weighted by Crippen LogP contribution is 2.34. The highest BCUT2D eigenvalue weighted by molar-refractivity contribution is 7.19. The van der Waals surface area contributed by atoms with Gasteiger partial charge in [-0.2, -0.15) is 15.3 Å². The van der Waals surface area contributed by atoms with E-state index in [1.807, 2.05) is 0 Å². The molecule has 0 aliphatic rings. The van der Waals surface area contributed by atoms with Crippen LogP contribution >= 0.6 is 11.3 Å². The lowest BCUT2D eigenvalue weighted by molar-refractivity contribution is 0.215. The topological polar surface area (TPSA) is 130 Å². The van der Waals surface area contributed by atoms with Crippen LogP contribution in [0.5, 0.6) is 0 Å². The van der Waals surface area contributed by atoms with Gasteiger partial charge in [-0.1, -0.05) is 0 Å². The van der Waals surface area contributed by atoms with Crippen LogP contribution in [0.25, 0.3) is 21.3 Å². The number of aryl methyl sites for hydroxylation is 1. The van der Waals surface area contributed by atoms with Crippen molar-refractivity contribution in [3.63, 3.8) is 0 Å². The minimum absolute atomic E-state index is 0.203. The summed E-state index contributed by atoms with van der Waals surface area (Å²) in [5, 5.41) is 29.3. The molecule has 5 aromatic rings. The molecule has 5 aromatic heterocycles. The second-order valence-corrected chi connectivity index (χ2v) is 7.16. The molecular formula is C16H14N8O2S. The fourth-order valence-electron chi connectivity index (χ4n) is 3.12. The van der Waals surface area contributed by atoms with E-state index in [1.165, 1.54) is 16.0 Å². The molecule has 0 fully saturated rings. The summed E-state index contributed by atoms with van der Waals surface area (Å²) < 4.78 is 3.96. The lowest BCUT2D eigenvalue weighted by Crippen LogP contribution is -2.24. The molecule has 27 heavy (non-hydrogen) atoms. The highest BCUT2D eigenvalue weighted by Gasteiger charge is 2.22. The number of aromatic amines is 2. The molecule has 3 N–H and O–H groups in total. The van der Waals surface area contributed by atoms with Gasteiger partial charge in [-0.3, -0.25) is 15.0 Å². The number of thiazole rings is 1. The molecule has 136 valence electrons. The Morgan fingerprint density at radius 2 is 2.07 bits per heavy atom. The van der Waals surface area contributed by atoms with Gasteiger partial charge in [0.15, 0.2) is 5.65 Å². The van der Waals surface area contributed by atoms with E-state index in [1.54, 1.807) is 42.3 Å². The second-order valence-electron chi connectivity index (χ2n) is 6.13. The van der Waals surface area contributed by atoms with Crippen LogP contribution in [0.15, 0.2) is 35.5 Å².